The summed E-state index contributed by atoms with van der Waals surface area (Å²) in [5, 5.41) is 12.6. The first-order valence-corrected chi connectivity index (χ1v) is 8.27. The molecule has 2 N–H and O–H groups in total. The molecule has 0 saturated carbocycles. The molecule has 0 radical (unpaired) electrons. The highest BCUT2D eigenvalue weighted by atomic mass is 19.4. The number of carbonyl (C=O) groups is 2. The highest BCUT2D eigenvalue weighted by Crippen LogP contribution is 2.34. The molecule has 1 heterocycles. The Morgan fingerprint density at radius 2 is 1.92 bits per heavy atom. The third-order valence-electron chi connectivity index (χ3n) is 4.45. The zero-order valence-corrected chi connectivity index (χ0v) is 14.1. The fourth-order valence-electron chi connectivity index (χ4n) is 2.99. The standard InChI is InChI=1S/C18H21F3N2O3/c1-2-16(25)23-9-7-12(8-10-23)17(26)22-11-15(24)13-5-3-4-6-14(13)18(19,20)21/h2-6,12,15,24H,1,7-11H2,(H,22,26). The maximum atomic E-state index is 13.0. The molecule has 1 saturated heterocycles. The largest absolute Gasteiger partial charge is 0.416 e. The van der Waals surface area contributed by atoms with Crippen LogP contribution in [0.25, 0.3) is 0 Å². The molecule has 1 aromatic rings. The van der Waals surface area contributed by atoms with Gasteiger partial charge in [-0.3, -0.25) is 9.59 Å². The number of alkyl halides is 3. The van der Waals surface area contributed by atoms with E-state index in [9.17, 15) is 27.9 Å². The Hall–Kier alpha value is -2.35. The number of carbonyl (C=O) groups excluding carboxylic acids is 2. The zero-order valence-electron chi connectivity index (χ0n) is 14.1. The van der Waals surface area contributed by atoms with Crippen LogP contribution in [0.5, 0.6) is 0 Å². The van der Waals surface area contributed by atoms with Gasteiger partial charge in [0.25, 0.3) is 0 Å². The van der Waals surface area contributed by atoms with Gasteiger partial charge in [-0.2, -0.15) is 13.2 Å². The number of aliphatic hydroxyl groups excluding tert-OH is 1. The summed E-state index contributed by atoms with van der Waals surface area (Å²) < 4.78 is 39.0. The van der Waals surface area contributed by atoms with Gasteiger partial charge in [-0.1, -0.05) is 24.8 Å². The lowest BCUT2D eigenvalue weighted by Gasteiger charge is -2.30. The van der Waals surface area contributed by atoms with E-state index in [0.717, 1.165) is 6.07 Å². The van der Waals surface area contributed by atoms with Gasteiger partial charge >= 0.3 is 6.18 Å². The number of hydrogen-bond acceptors (Lipinski definition) is 3. The van der Waals surface area contributed by atoms with E-state index in [-0.39, 0.29) is 29.8 Å². The van der Waals surface area contributed by atoms with Gasteiger partial charge in [-0.25, -0.2) is 0 Å². The molecule has 1 aromatic carbocycles. The molecule has 1 aliphatic rings. The van der Waals surface area contributed by atoms with Crippen LogP contribution < -0.4 is 5.32 Å². The van der Waals surface area contributed by atoms with Crippen molar-refractivity contribution in [1.29, 1.82) is 0 Å². The van der Waals surface area contributed by atoms with Crippen LogP contribution in [0, 0.1) is 5.92 Å². The SMILES string of the molecule is C=CC(=O)N1CCC(C(=O)NCC(O)c2ccccc2C(F)(F)F)CC1. The monoisotopic (exact) mass is 370 g/mol. The minimum absolute atomic E-state index is 0.192. The van der Waals surface area contributed by atoms with E-state index in [1.54, 1.807) is 4.90 Å². The number of amides is 2. The summed E-state index contributed by atoms with van der Waals surface area (Å²) in [6.07, 6.45) is -3.90. The van der Waals surface area contributed by atoms with E-state index in [0.29, 0.717) is 25.9 Å². The van der Waals surface area contributed by atoms with E-state index in [1.165, 1.54) is 24.3 Å². The first-order chi connectivity index (χ1) is 12.2. The Morgan fingerprint density at radius 3 is 2.50 bits per heavy atom. The minimum atomic E-state index is -4.58. The number of halogens is 3. The van der Waals surface area contributed by atoms with Crippen molar-refractivity contribution in [3.05, 3.63) is 48.0 Å². The van der Waals surface area contributed by atoms with E-state index < -0.39 is 17.8 Å². The average Bonchev–Trinajstić information content (AvgIpc) is 2.64. The summed E-state index contributed by atoms with van der Waals surface area (Å²) in [6, 6.07) is 4.74. The number of nitrogens with zero attached hydrogens (tertiary/aromatic N) is 1. The molecule has 0 aliphatic carbocycles. The molecule has 0 spiro atoms. The van der Waals surface area contributed by atoms with Crippen molar-refractivity contribution in [1.82, 2.24) is 10.2 Å². The Bertz CT molecular complexity index is 668. The second-order valence-electron chi connectivity index (χ2n) is 6.15. The van der Waals surface area contributed by atoms with Crippen LogP contribution in [0.3, 0.4) is 0 Å². The highest BCUT2D eigenvalue weighted by Gasteiger charge is 2.35. The summed E-state index contributed by atoms with van der Waals surface area (Å²) in [6.45, 7) is 3.94. The average molecular weight is 370 g/mol. The van der Waals surface area contributed by atoms with Gasteiger partial charge in [0.1, 0.15) is 0 Å². The maximum Gasteiger partial charge on any atom is 0.416 e. The van der Waals surface area contributed by atoms with E-state index >= 15 is 0 Å². The Morgan fingerprint density at radius 1 is 1.31 bits per heavy atom. The van der Waals surface area contributed by atoms with Gasteiger partial charge in [0.05, 0.1) is 11.7 Å². The van der Waals surface area contributed by atoms with Gasteiger partial charge in [-0.05, 0) is 30.5 Å². The van der Waals surface area contributed by atoms with Crippen molar-refractivity contribution in [3.8, 4) is 0 Å². The van der Waals surface area contributed by atoms with Gasteiger partial charge in [0, 0.05) is 25.6 Å². The van der Waals surface area contributed by atoms with E-state index in [2.05, 4.69) is 11.9 Å². The van der Waals surface area contributed by atoms with Crippen molar-refractivity contribution < 1.29 is 27.9 Å². The topological polar surface area (TPSA) is 69.6 Å². The van der Waals surface area contributed by atoms with Crippen molar-refractivity contribution in [2.45, 2.75) is 25.1 Å². The number of piperidine rings is 1. The second-order valence-corrected chi connectivity index (χ2v) is 6.15. The Kier molecular flexibility index (Phi) is 6.42. The summed E-state index contributed by atoms with van der Waals surface area (Å²) in [4.78, 5) is 25.3. The van der Waals surface area contributed by atoms with Gasteiger partial charge in [0.15, 0.2) is 0 Å². The van der Waals surface area contributed by atoms with E-state index in [1.807, 2.05) is 0 Å². The van der Waals surface area contributed by atoms with Gasteiger partial charge in [-0.15, -0.1) is 0 Å². The minimum Gasteiger partial charge on any atom is -0.387 e. The molecule has 2 rings (SSSR count). The molecule has 5 nitrogen and oxygen atoms in total. The van der Waals surface area contributed by atoms with Crippen LogP contribution >= 0.6 is 0 Å². The fraction of sp³-hybridized carbons (Fsp3) is 0.444. The maximum absolute atomic E-state index is 13.0. The van der Waals surface area contributed by atoms with Crippen LogP contribution in [0.1, 0.15) is 30.1 Å². The van der Waals surface area contributed by atoms with Crippen LogP contribution in [0.2, 0.25) is 0 Å². The normalized spacial score (nSPS) is 16.8. The smallest absolute Gasteiger partial charge is 0.387 e. The van der Waals surface area contributed by atoms with Crippen LogP contribution in [-0.2, 0) is 15.8 Å². The number of nitrogens with one attached hydrogen (secondary N) is 1. The van der Waals surface area contributed by atoms with Gasteiger partial charge in [0.2, 0.25) is 11.8 Å². The van der Waals surface area contributed by atoms with Crippen LogP contribution in [-0.4, -0.2) is 41.5 Å². The lowest BCUT2D eigenvalue weighted by molar-refractivity contribution is -0.139. The first-order valence-electron chi connectivity index (χ1n) is 8.27. The lowest BCUT2D eigenvalue weighted by Crippen LogP contribution is -2.43. The molecule has 1 fully saturated rings. The molecule has 1 atom stereocenters. The molecule has 142 valence electrons. The lowest BCUT2D eigenvalue weighted by atomic mass is 9.95. The molecule has 1 unspecified atom stereocenters. The third-order valence-corrected chi connectivity index (χ3v) is 4.45. The molecule has 26 heavy (non-hydrogen) atoms. The number of hydrogen-bond donors (Lipinski definition) is 2. The quantitative estimate of drug-likeness (QED) is 0.782. The molecule has 1 aliphatic heterocycles. The van der Waals surface area contributed by atoms with Gasteiger partial charge < -0.3 is 15.3 Å². The molecule has 2 amide bonds. The van der Waals surface area contributed by atoms with E-state index in [4.69, 9.17) is 0 Å². The zero-order chi connectivity index (χ0) is 19.3. The fourth-order valence-corrected chi connectivity index (χ4v) is 2.99. The molecule has 0 bridgehead atoms. The highest BCUT2D eigenvalue weighted by molar-refractivity contribution is 5.87. The summed E-state index contributed by atoms with van der Waals surface area (Å²) in [5.74, 6) is -0.865. The summed E-state index contributed by atoms with van der Waals surface area (Å²) >= 11 is 0. The number of benzene rings is 1. The Labute approximate surface area is 149 Å². The molecular formula is C18H21F3N2O3. The van der Waals surface area contributed by atoms with Crippen LogP contribution in [0.15, 0.2) is 36.9 Å². The number of aliphatic hydroxyl groups is 1. The third kappa shape index (κ3) is 4.85. The second kappa shape index (κ2) is 8.35. The predicted molar refractivity (Wildman–Crippen MR) is 88.9 cm³/mol. The van der Waals surface area contributed by atoms with Crippen molar-refractivity contribution in [2.75, 3.05) is 19.6 Å². The predicted octanol–water partition coefficient (Wildman–Crippen LogP) is 2.28. The van der Waals surface area contributed by atoms with Crippen molar-refractivity contribution >= 4 is 11.8 Å². The summed E-state index contributed by atoms with van der Waals surface area (Å²) in [7, 11) is 0. The molecular weight excluding hydrogens is 349 g/mol. The molecule has 8 heteroatoms. The first kappa shape index (κ1) is 20.0. The number of rotatable bonds is 5. The molecule has 0 aromatic heterocycles. The Balaban J connectivity index is 1.90. The van der Waals surface area contributed by atoms with Crippen molar-refractivity contribution in [2.24, 2.45) is 5.92 Å². The van der Waals surface area contributed by atoms with Crippen LogP contribution in [0.4, 0.5) is 13.2 Å². The summed E-state index contributed by atoms with van der Waals surface area (Å²) in [5.41, 5.74) is -1.19. The number of likely N-dealkylation sites (tertiary alicyclic amines) is 1. The van der Waals surface area contributed by atoms with Crippen molar-refractivity contribution in [3.63, 3.8) is 0 Å².